The van der Waals surface area contributed by atoms with Crippen molar-refractivity contribution in [2.45, 2.75) is 11.8 Å². The van der Waals surface area contributed by atoms with Gasteiger partial charge in [0, 0.05) is 10.4 Å². The van der Waals surface area contributed by atoms with Crippen molar-refractivity contribution in [2.75, 3.05) is 13.2 Å². The van der Waals surface area contributed by atoms with Gasteiger partial charge in [-0.1, -0.05) is 41.9 Å². The van der Waals surface area contributed by atoms with Gasteiger partial charge in [0.25, 0.3) is 0 Å². The second kappa shape index (κ2) is 6.35. The van der Waals surface area contributed by atoms with Gasteiger partial charge in [0.15, 0.2) is 0 Å². The number of hydrogen-bond acceptors (Lipinski definition) is 2. The zero-order valence-corrected chi connectivity index (χ0v) is 11.6. The van der Waals surface area contributed by atoms with Crippen LogP contribution in [-0.2, 0) is 11.8 Å². The van der Waals surface area contributed by atoms with Gasteiger partial charge in [0.2, 0.25) is 0 Å². The monoisotopic (exact) mass is 294 g/mol. The van der Waals surface area contributed by atoms with E-state index in [1.54, 1.807) is 0 Å². The van der Waals surface area contributed by atoms with Crippen LogP contribution in [0.15, 0.2) is 48.5 Å². The van der Waals surface area contributed by atoms with E-state index >= 15 is 0 Å². The van der Waals surface area contributed by atoms with Gasteiger partial charge < -0.3 is 10.2 Å². The second-order valence-corrected chi connectivity index (χ2v) is 5.28. The third-order valence-electron chi connectivity index (χ3n) is 3.53. The Hall–Kier alpha value is -1.42. The van der Waals surface area contributed by atoms with E-state index in [0.29, 0.717) is 10.6 Å². The highest BCUT2D eigenvalue weighted by Gasteiger charge is 2.32. The van der Waals surface area contributed by atoms with E-state index in [0.717, 1.165) is 5.56 Å². The maximum absolute atomic E-state index is 13.3. The minimum Gasteiger partial charge on any atom is -0.395 e. The predicted octanol–water partition coefficient (Wildman–Crippen LogP) is 2.94. The maximum atomic E-state index is 13.3. The molecule has 2 aromatic rings. The molecule has 2 aromatic carbocycles. The molecule has 0 aliphatic heterocycles. The van der Waals surface area contributed by atoms with Gasteiger partial charge in [0.1, 0.15) is 5.82 Å². The second-order valence-electron chi connectivity index (χ2n) is 4.88. The maximum Gasteiger partial charge on any atom is 0.123 e. The number of halogens is 2. The Morgan fingerprint density at radius 3 is 2.25 bits per heavy atom. The average Bonchev–Trinajstić information content (AvgIpc) is 2.49. The summed E-state index contributed by atoms with van der Waals surface area (Å²) < 4.78 is 13.3. The molecular weight excluding hydrogens is 279 g/mol. The first-order valence-corrected chi connectivity index (χ1v) is 6.70. The van der Waals surface area contributed by atoms with Crippen LogP contribution in [0.4, 0.5) is 4.39 Å². The van der Waals surface area contributed by atoms with Gasteiger partial charge in [-0.25, -0.2) is 4.39 Å². The number of hydrogen-bond donors (Lipinski definition) is 2. The van der Waals surface area contributed by atoms with Crippen LogP contribution in [0.5, 0.6) is 0 Å². The highest BCUT2D eigenvalue weighted by Crippen LogP contribution is 2.31. The lowest BCUT2D eigenvalue weighted by Crippen LogP contribution is -2.37. The summed E-state index contributed by atoms with van der Waals surface area (Å²) in [6, 6.07) is 13.3. The van der Waals surface area contributed by atoms with Crippen molar-refractivity contribution >= 4 is 11.6 Å². The lowest BCUT2D eigenvalue weighted by Gasteiger charge is -2.31. The van der Waals surface area contributed by atoms with Crippen LogP contribution in [0.25, 0.3) is 0 Å². The summed E-state index contributed by atoms with van der Waals surface area (Å²) in [6.45, 7) is -0.499. The smallest absolute Gasteiger partial charge is 0.123 e. The number of aliphatic hydroxyl groups excluding tert-OH is 2. The average molecular weight is 295 g/mol. The van der Waals surface area contributed by atoms with Crippen LogP contribution >= 0.6 is 11.6 Å². The Morgan fingerprint density at radius 2 is 1.65 bits per heavy atom. The SMILES string of the molecule is OCC(CO)(Cc1cc(F)ccc1Cl)c1ccccc1. The number of aliphatic hydroxyl groups is 2. The first kappa shape index (κ1) is 15.0. The van der Waals surface area contributed by atoms with Gasteiger partial charge >= 0.3 is 0 Å². The molecule has 2 nitrogen and oxygen atoms in total. The third-order valence-corrected chi connectivity index (χ3v) is 3.90. The zero-order chi connectivity index (χ0) is 14.6. The molecule has 2 N–H and O–H groups in total. The van der Waals surface area contributed by atoms with Crippen LogP contribution in [0.1, 0.15) is 11.1 Å². The fourth-order valence-electron chi connectivity index (χ4n) is 2.28. The summed E-state index contributed by atoms with van der Waals surface area (Å²) >= 11 is 6.07. The van der Waals surface area contributed by atoms with Gasteiger partial charge in [-0.05, 0) is 35.7 Å². The summed E-state index contributed by atoms with van der Waals surface area (Å²) in [5.74, 6) is -0.387. The molecule has 0 spiro atoms. The zero-order valence-electron chi connectivity index (χ0n) is 10.9. The van der Waals surface area contributed by atoms with Crippen molar-refractivity contribution in [1.29, 1.82) is 0 Å². The van der Waals surface area contributed by atoms with Crippen molar-refractivity contribution in [3.8, 4) is 0 Å². The molecule has 0 atom stereocenters. The Kier molecular flexibility index (Phi) is 4.76. The molecule has 0 aliphatic rings. The molecule has 0 heterocycles. The lowest BCUT2D eigenvalue weighted by molar-refractivity contribution is 0.116. The largest absolute Gasteiger partial charge is 0.395 e. The van der Waals surface area contributed by atoms with E-state index in [4.69, 9.17) is 11.6 Å². The molecule has 106 valence electrons. The van der Waals surface area contributed by atoms with Crippen molar-refractivity contribution in [3.63, 3.8) is 0 Å². The van der Waals surface area contributed by atoms with E-state index in [9.17, 15) is 14.6 Å². The van der Waals surface area contributed by atoms with E-state index in [1.807, 2.05) is 30.3 Å². The standard InChI is InChI=1S/C16H16ClFO2/c17-15-7-6-14(18)8-12(15)9-16(10-19,11-20)13-4-2-1-3-5-13/h1-8,19-20H,9-11H2. The molecule has 0 radical (unpaired) electrons. The summed E-state index contributed by atoms with van der Waals surface area (Å²) in [4.78, 5) is 0. The third kappa shape index (κ3) is 3.01. The minimum absolute atomic E-state index is 0.250. The summed E-state index contributed by atoms with van der Waals surface area (Å²) in [7, 11) is 0. The summed E-state index contributed by atoms with van der Waals surface area (Å²) in [5.41, 5.74) is 0.488. The van der Waals surface area contributed by atoms with E-state index in [-0.39, 0.29) is 25.5 Å². The fraction of sp³-hybridized carbons (Fsp3) is 0.250. The van der Waals surface area contributed by atoms with Gasteiger partial charge in [-0.3, -0.25) is 0 Å². The number of rotatable bonds is 5. The van der Waals surface area contributed by atoms with Crippen LogP contribution < -0.4 is 0 Å². The van der Waals surface area contributed by atoms with Gasteiger partial charge in [-0.15, -0.1) is 0 Å². The van der Waals surface area contributed by atoms with E-state index < -0.39 is 5.41 Å². The molecule has 0 fully saturated rings. The van der Waals surface area contributed by atoms with Crippen LogP contribution in [0.2, 0.25) is 5.02 Å². The quantitative estimate of drug-likeness (QED) is 0.890. The Labute approximate surface area is 122 Å². The summed E-state index contributed by atoms with van der Waals surface area (Å²) in [6.07, 6.45) is 0.264. The Morgan fingerprint density at radius 1 is 1.00 bits per heavy atom. The summed E-state index contributed by atoms with van der Waals surface area (Å²) in [5, 5.41) is 19.9. The van der Waals surface area contributed by atoms with Crippen molar-refractivity contribution < 1.29 is 14.6 Å². The molecule has 0 saturated carbocycles. The molecule has 0 unspecified atom stereocenters. The topological polar surface area (TPSA) is 40.5 Å². The first-order valence-electron chi connectivity index (χ1n) is 6.32. The molecular formula is C16H16ClFO2. The Balaban J connectivity index is 2.42. The molecule has 2 rings (SSSR count). The normalized spacial score (nSPS) is 11.6. The fourth-order valence-corrected chi connectivity index (χ4v) is 2.47. The van der Waals surface area contributed by atoms with Gasteiger partial charge in [0.05, 0.1) is 13.2 Å². The minimum atomic E-state index is -0.876. The molecule has 0 amide bonds. The van der Waals surface area contributed by atoms with Crippen LogP contribution in [0, 0.1) is 5.82 Å². The van der Waals surface area contributed by atoms with Crippen molar-refractivity contribution in [2.24, 2.45) is 0 Å². The Bertz CT molecular complexity index is 568. The lowest BCUT2D eigenvalue weighted by atomic mass is 9.77. The number of benzene rings is 2. The highest BCUT2D eigenvalue weighted by molar-refractivity contribution is 6.31. The van der Waals surface area contributed by atoms with Crippen molar-refractivity contribution in [3.05, 3.63) is 70.5 Å². The van der Waals surface area contributed by atoms with Crippen LogP contribution in [-0.4, -0.2) is 23.4 Å². The molecule has 20 heavy (non-hydrogen) atoms. The van der Waals surface area contributed by atoms with Gasteiger partial charge in [-0.2, -0.15) is 0 Å². The van der Waals surface area contributed by atoms with E-state index in [2.05, 4.69) is 0 Å². The highest BCUT2D eigenvalue weighted by atomic mass is 35.5. The molecule has 0 aromatic heterocycles. The molecule has 4 heteroatoms. The van der Waals surface area contributed by atoms with E-state index in [1.165, 1.54) is 18.2 Å². The van der Waals surface area contributed by atoms with Crippen LogP contribution in [0.3, 0.4) is 0 Å². The molecule has 0 saturated heterocycles. The molecule has 0 aliphatic carbocycles. The van der Waals surface area contributed by atoms with Crippen molar-refractivity contribution in [1.82, 2.24) is 0 Å². The first-order chi connectivity index (χ1) is 9.61. The molecule has 0 bridgehead atoms. The predicted molar refractivity (Wildman–Crippen MR) is 77.4 cm³/mol.